The standard InChI is InChI=1S/C5H10.HI.Ti/c1-5(2,3)4;;/h1H,2-4H3;1H;/q;;+1/p-1. The van der Waals surface area contributed by atoms with Crippen molar-refractivity contribution in [1.29, 1.82) is 0 Å². The molecule has 0 aromatic carbocycles. The molecule has 0 aromatic rings. The number of hydrogen-bond acceptors (Lipinski definition) is 0. The first-order valence-electron chi connectivity index (χ1n) is 2.27. The minimum absolute atomic E-state index is 0.255. The van der Waals surface area contributed by atoms with Gasteiger partial charge >= 0.3 is 64.6 Å². The molecule has 0 aromatic heterocycles. The maximum absolute atomic E-state index is 2.48. The summed E-state index contributed by atoms with van der Waals surface area (Å²) >= 11 is 2.74. The van der Waals surface area contributed by atoms with Crippen molar-refractivity contribution < 1.29 is 14.9 Å². The van der Waals surface area contributed by atoms with Crippen LogP contribution in [0.2, 0.25) is 0 Å². The fourth-order valence-electron chi connectivity index (χ4n) is 0.164. The van der Waals surface area contributed by atoms with Crippen molar-refractivity contribution >= 4 is 23.5 Å². The zero-order chi connectivity index (χ0) is 5.91. The van der Waals surface area contributed by atoms with Crippen molar-refractivity contribution in [3.05, 3.63) is 0 Å². The molecule has 0 saturated carbocycles. The fourth-order valence-corrected chi connectivity index (χ4v) is 4.53. The van der Waals surface area contributed by atoms with Crippen LogP contribution in [0.3, 0.4) is 0 Å². The van der Waals surface area contributed by atoms with Crippen LogP contribution in [0.25, 0.3) is 0 Å². The fraction of sp³-hybridized carbons (Fsp3) is 0.800. The number of rotatable bonds is 0. The van der Waals surface area contributed by atoms with Crippen molar-refractivity contribution in [3.8, 4) is 0 Å². The molecule has 0 N–H and O–H groups in total. The molecule has 0 rings (SSSR count). The first kappa shape index (κ1) is 8.31. The summed E-state index contributed by atoms with van der Waals surface area (Å²) in [4.78, 5) is 0. The Balaban J connectivity index is 3.56. The van der Waals surface area contributed by atoms with Gasteiger partial charge in [0.2, 0.25) is 0 Å². The van der Waals surface area contributed by atoms with Crippen LogP contribution < -0.4 is 0 Å². The van der Waals surface area contributed by atoms with E-state index in [4.69, 9.17) is 0 Å². The third kappa shape index (κ3) is 7.31. The summed E-state index contributed by atoms with van der Waals surface area (Å²) in [5, 5.41) is 0. The van der Waals surface area contributed by atoms with E-state index in [9.17, 15) is 0 Å². The van der Waals surface area contributed by atoms with Crippen molar-refractivity contribution in [1.82, 2.24) is 0 Å². The summed E-state index contributed by atoms with van der Waals surface area (Å²) in [6, 6.07) is 0. The van der Waals surface area contributed by atoms with Crippen LogP contribution in [0.15, 0.2) is 0 Å². The van der Waals surface area contributed by atoms with E-state index in [0.29, 0.717) is 5.41 Å². The van der Waals surface area contributed by atoms with Crippen LogP contribution in [-0.2, 0) is 14.9 Å². The Labute approximate surface area is 64.2 Å². The molecule has 7 heavy (non-hydrogen) atoms. The van der Waals surface area contributed by atoms with Crippen LogP contribution >= 0.6 is 19.2 Å². The predicted molar refractivity (Wildman–Crippen MR) is 39.5 cm³/mol. The van der Waals surface area contributed by atoms with Gasteiger partial charge < -0.3 is 0 Å². The maximum atomic E-state index is 2.48. The van der Waals surface area contributed by atoms with Crippen molar-refractivity contribution in [2.45, 2.75) is 20.8 Å². The van der Waals surface area contributed by atoms with E-state index in [1.54, 1.807) is 0 Å². The van der Waals surface area contributed by atoms with Crippen LogP contribution in [0.4, 0.5) is 0 Å². The van der Waals surface area contributed by atoms with E-state index in [2.05, 4.69) is 44.3 Å². The third-order valence-electron chi connectivity index (χ3n) is 0.488. The molecule has 0 heterocycles. The second-order valence-electron chi connectivity index (χ2n) is 2.62. The molecule has 0 aliphatic carbocycles. The van der Waals surface area contributed by atoms with Crippen molar-refractivity contribution in [3.63, 3.8) is 0 Å². The molecule has 41 valence electrons. The molecule has 0 bridgehead atoms. The minimum atomic E-state index is 0.255. The third-order valence-corrected chi connectivity index (χ3v) is 3.29. The van der Waals surface area contributed by atoms with Gasteiger partial charge in [0.1, 0.15) is 0 Å². The van der Waals surface area contributed by atoms with Crippen LogP contribution in [0.5, 0.6) is 0 Å². The normalized spacial score (nSPS) is 12.0. The van der Waals surface area contributed by atoms with Gasteiger partial charge in [-0.05, 0) is 0 Å². The number of halogens is 1. The van der Waals surface area contributed by atoms with Crippen molar-refractivity contribution in [2.75, 3.05) is 0 Å². The summed E-state index contributed by atoms with van der Waals surface area (Å²) in [5.41, 5.74) is 0.473. The molecule has 0 unspecified atom stereocenters. The van der Waals surface area contributed by atoms with E-state index in [-0.39, 0.29) is 14.9 Å². The summed E-state index contributed by atoms with van der Waals surface area (Å²) in [7, 11) is 0. The topological polar surface area (TPSA) is 0 Å². The van der Waals surface area contributed by atoms with E-state index in [1.807, 2.05) is 0 Å². The van der Waals surface area contributed by atoms with Gasteiger partial charge in [0, 0.05) is 0 Å². The Morgan fingerprint density at radius 2 is 1.86 bits per heavy atom. The molecule has 0 atom stereocenters. The zero-order valence-electron chi connectivity index (χ0n) is 4.96. The van der Waals surface area contributed by atoms with Gasteiger partial charge in [-0.3, -0.25) is 0 Å². The Kier molecular flexibility index (Phi) is 3.99. The van der Waals surface area contributed by atoms with E-state index >= 15 is 0 Å². The predicted octanol–water partition coefficient (Wildman–Crippen LogP) is 2.27. The van der Waals surface area contributed by atoms with Crippen molar-refractivity contribution in [2.24, 2.45) is 5.41 Å². The molecule has 2 heteroatoms. The van der Waals surface area contributed by atoms with Crippen LogP contribution in [0, 0.1) is 5.41 Å². The SMILES string of the molecule is CC(C)(C)[CH]=[Ti][I]. The quantitative estimate of drug-likeness (QED) is 0.453. The van der Waals surface area contributed by atoms with Gasteiger partial charge in [-0.15, -0.1) is 0 Å². The average Bonchev–Trinajstić information content (AvgIpc) is 1.30. The van der Waals surface area contributed by atoms with Gasteiger partial charge in [-0.1, -0.05) is 0 Å². The number of hydrogen-bond donors (Lipinski definition) is 0. The summed E-state index contributed by atoms with van der Waals surface area (Å²) in [5.74, 6) is 0. The zero-order valence-corrected chi connectivity index (χ0v) is 8.67. The second kappa shape index (κ2) is 3.36. The molecule has 0 saturated heterocycles. The molecular weight excluding hydrogens is 235 g/mol. The molecule has 0 amide bonds. The van der Waals surface area contributed by atoms with Gasteiger partial charge in [0.15, 0.2) is 0 Å². The molecule has 0 spiro atoms. The van der Waals surface area contributed by atoms with Gasteiger partial charge in [-0.2, -0.15) is 0 Å². The summed E-state index contributed by atoms with van der Waals surface area (Å²) in [6.45, 7) is 6.74. The first-order chi connectivity index (χ1) is 3.06. The van der Waals surface area contributed by atoms with Crippen LogP contribution in [-0.4, -0.2) is 4.31 Å². The Hall–Kier alpha value is 1.31. The Morgan fingerprint density at radius 3 is 1.86 bits per heavy atom. The molecule has 0 fully saturated rings. The molecule has 0 aliphatic rings. The summed E-state index contributed by atoms with van der Waals surface area (Å²) < 4.78 is 2.42. The van der Waals surface area contributed by atoms with E-state index in [0.717, 1.165) is 0 Å². The molecule has 0 aliphatic heterocycles. The average molecular weight is 245 g/mol. The van der Waals surface area contributed by atoms with E-state index in [1.165, 1.54) is 0 Å². The molecule has 0 radical (unpaired) electrons. The van der Waals surface area contributed by atoms with Crippen LogP contribution in [0.1, 0.15) is 20.8 Å². The van der Waals surface area contributed by atoms with Gasteiger partial charge in [0.05, 0.1) is 0 Å². The van der Waals surface area contributed by atoms with Gasteiger partial charge in [-0.25, -0.2) is 0 Å². The van der Waals surface area contributed by atoms with E-state index < -0.39 is 0 Å². The van der Waals surface area contributed by atoms with Gasteiger partial charge in [0.25, 0.3) is 0 Å². The first-order valence-corrected chi connectivity index (χ1v) is 8.21. The molecule has 0 nitrogen and oxygen atoms in total. The monoisotopic (exact) mass is 245 g/mol. The second-order valence-corrected chi connectivity index (χ2v) is 5.98. The molecular formula is C5H10ITi. The summed E-state index contributed by atoms with van der Waals surface area (Å²) in [6.07, 6.45) is 0. The Bertz CT molecular complexity index is 70.6. The Morgan fingerprint density at radius 1 is 1.43 bits per heavy atom.